The number of hydrogen-bond donors (Lipinski definition) is 0. The van der Waals surface area contributed by atoms with Gasteiger partial charge < -0.3 is 0 Å². The molecule has 0 saturated carbocycles. The summed E-state index contributed by atoms with van der Waals surface area (Å²) in [7, 11) is 0. The second kappa shape index (κ2) is 7.62. The standard InChI is InChI=1S/2C11H8Cl.Zr/c2*12-11-7-5-10(6-8-11)9-3-1-2-4-9;/h2*1,3,5-8H,2H2;. The van der Waals surface area contributed by atoms with Crippen molar-refractivity contribution in [2.45, 2.75) is 12.8 Å². The predicted octanol–water partition coefficient (Wildman–Crippen LogP) is 7.12. The molecule has 0 saturated heterocycles. The fourth-order valence-corrected chi connectivity index (χ4v) is 7.24. The third-order valence-corrected chi connectivity index (χ3v) is 8.79. The van der Waals surface area contributed by atoms with Gasteiger partial charge in [0.15, 0.2) is 0 Å². The normalized spacial score (nSPS) is 16.2. The zero-order chi connectivity index (χ0) is 17.2. The van der Waals surface area contributed by atoms with Crippen LogP contribution >= 0.6 is 23.2 Å². The first-order valence-corrected chi connectivity index (χ1v) is 11.5. The Balaban J connectivity index is 1.66. The molecule has 0 aromatic heterocycles. The molecular formula is C22H16Cl2Zr. The van der Waals surface area contributed by atoms with Crippen molar-refractivity contribution < 1.29 is 23.2 Å². The summed E-state index contributed by atoms with van der Waals surface area (Å²) in [6, 6.07) is 16.5. The van der Waals surface area contributed by atoms with Gasteiger partial charge in [0.1, 0.15) is 0 Å². The fraction of sp³-hybridized carbons (Fsp3) is 0.0909. The van der Waals surface area contributed by atoms with E-state index in [2.05, 4.69) is 48.6 Å². The summed E-state index contributed by atoms with van der Waals surface area (Å²) in [5, 5.41) is 1.58. The van der Waals surface area contributed by atoms with E-state index < -0.39 is 23.2 Å². The first-order valence-electron chi connectivity index (χ1n) is 8.29. The minimum absolute atomic E-state index is 0.792. The van der Waals surface area contributed by atoms with Gasteiger partial charge in [-0.05, 0) is 0 Å². The van der Waals surface area contributed by atoms with E-state index >= 15 is 0 Å². The van der Waals surface area contributed by atoms with E-state index in [0.29, 0.717) is 0 Å². The van der Waals surface area contributed by atoms with Gasteiger partial charge in [-0.25, -0.2) is 0 Å². The molecule has 122 valence electrons. The van der Waals surface area contributed by atoms with Gasteiger partial charge in [0.05, 0.1) is 0 Å². The Morgan fingerprint density at radius 3 is 1.40 bits per heavy atom. The second-order valence-electron chi connectivity index (χ2n) is 6.14. The molecule has 25 heavy (non-hydrogen) atoms. The zero-order valence-corrected chi connectivity index (χ0v) is 17.6. The van der Waals surface area contributed by atoms with E-state index in [4.69, 9.17) is 23.2 Å². The van der Waals surface area contributed by atoms with Crippen LogP contribution in [0.5, 0.6) is 0 Å². The quantitative estimate of drug-likeness (QED) is 0.473. The number of allylic oxidation sites excluding steroid dienone is 8. The molecule has 4 rings (SSSR count). The SMILES string of the molecule is Clc1ccc(C2=[C]([Zr][C]3=C(c4ccc(Cl)cc4)C=CC3)CC=C2)cc1. The average Bonchev–Trinajstić information content (AvgIpc) is 3.26. The van der Waals surface area contributed by atoms with Gasteiger partial charge >= 0.3 is 171 Å². The molecule has 0 heterocycles. The molecule has 0 bridgehead atoms. The Morgan fingerprint density at radius 2 is 1.00 bits per heavy atom. The maximum absolute atomic E-state index is 6.04. The van der Waals surface area contributed by atoms with Gasteiger partial charge in [-0.2, -0.15) is 0 Å². The Bertz CT molecular complexity index is 836. The molecule has 0 N–H and O–H groups in total. The molecule has 0 spiro atoms. The number of benzene rings is 2. The van der Waals surface area contributed by atoms with Crippen LogP contribution in [-0.4, -0.2) is 0 Å². The van der Waals surface area contributed by atoms with Gasteiger partial charge in [-0.15, -0.1) is 0 Å². The fourth-order valence-electron chi connectivity index (χ4n) is 3.23. The summed E-state index contributed by atoms with van der Waals surface area (Å²) in [6.07, 6.45) is 11.4. The molecule has 2 aliphatic carbocycles. The van der Waals surface area contributed by atoms with Crippen LogP contribution in [0.25, 0.3) is 11.1 Å². The summed E-state index contributed by atoms with van der Waals surface area (Å²) >= 11 is 11.3. The molecule has 2 aromatic carbocycles. The maximum atomic E-state index is 6.04. The predicted molar refractivity (Wildman–Crippen MR) is 104 cm³/mol. The zero-order valence-electron chi connectivity index (χ0n) is 13.6. The molecule has 2 aliphatic rings. The average molecular weight is 443 g/mol. The van der Waals surface area contributed by atoms with Crippen molar-refractivity contribution in [1.29, 1.82) is 0 Å². The van der Waals surface area contributed by atoms with Crippen molar-refractivity contribution in [3.05, 3.63) is 101 Å². The minimum atomic E-state index is -0.801. The summed E-state index contributed by atoms with van der Waals surface area (Å²) in [4.78, 5) is 0. The van der Waals surface area contributed by atoms with Gasteiger partial charge in [-0.3, -0.25) is 0 Å². The van der Waals surface area contributed by atoms with Crippen LogP contribution in [-0.2, 0) is 23.2 Å². The Hall–Kier alpha value is -1.14. The van der Waals surface area contributed by atoms with Crippen LogP contribution in [0.2, 0.25) is 10.0 Å². The van der Waals surface area contributed by atoms with Crippen molar-refractivity contribution in [2.24, 2.45) is 0 Å². The van der Waals surface area contributed by atoms with Crippen molar-refractivity contribution in [1.82, 2.24) is 0 Å². The van der Waals surface area contributed by atoms with E-state index in [-0.39, 0.29) is 0 Å². The molecule has 0 fully saturated rings. The van der Waals surface area contributed by atoms with Crippen molar-refractivity contribution in [2.75, 3.05) is 0 Å². The molecule has 0 atom stereocenters. The third kappa shape index (κ3) is 3.85. The first-order chi connectivity index (χ1) is 12.2. The van der Waals surface area contributed by atoms with E-state index in [1.807, 2.05) is 24.3 Å². The van der Waals surface area contributed by atoms with Crippen molar-refractivity contribution in [3.8, 4) is 0 Å². The van der Waals surface area contributed by atoms with E-state index in [1.165, 1.54) is 22.3 Å². The van der Waals surface area contributed by atoms with Gasteiger partial charge in [0.2, 0.25) is 0 Å². The monoisotopic (exact) mass is 440 g/mol. The molecule has 3 heteroatoms. The van der Waals surface area contributed by atoms with E-state index in [0.717, 1.165) is 22.9 Å². The summed E-state index contributed by atoms with van der Waals surface area (Å²) in [5.74, 6) is 0. The van der Waals surface area contributed by atoms with E-state index in [1.54, 1.807) is 6.56 Å². The number of rotatable bonds is 4. The molecule has 0 radical (unpaired) electrons. The van der Waals surface area contributed by atoms with Gasteiger partial charge in [-0.1, -0.05) is 0 Å². The first kappa shape index (κ1) is 17.3. The van der Waals surface area contributed by atoms with Crippen LogP contribution < -0.4 is 0 Å². The molecule has 2 aromatic rings. The summed E-state index contributed by atoms with van der Waals surface area (Å²) in [6.45, 7) is 0. The van der Waals surface area contributed by atoms with Crippen molar-refractivity contribution in [3.63, 3.8) is 0 Å². The molecule has 0 unspecified atom stereocenters. The van der Waals surface area contributed by atoms with E-state index in [9.17, 15) is 0 Å². The van der Waals surface area contributed by atoms with Crippen molar-refractivity contribution >= 4 is 34.3 Å². The molecule has 0 nitrogen and oxygen atoms in total. The number of hydrogen-bond acceptors (Lipinski definition) is 0. The molecule has 0 aliphatic heterocycles. The molecular weight excluding hydrogens is 426 g/mol. The third-order valence-electron chi connectivity index (χ3n) is 4.48. The van der Waals surface area contributed by atoms with Crippen LogP contribution in [0.4, 0.5) is 0 Å². The Morgan fingerprint density at radius 1 is 0.600 bits per heavy atom. The summed E-state index contributed by atoms with van der Waals surface area (Å²) < 4.78 is 3.30. The van der Waals surface area contributed by atoms with Crippen LogP contribution in [0.3, 0.4) is 0 Å². The van der Waals surface area contributed by atoms with Gasteiger partial charge in [0, 0.05) is 0 Å². The van der Waals surface area contributed by atoms with Gasteiger partial charge in [0.25, 0.3) is 0 Å². The molecule has 0 amide bonds. The van der Waals surface area contributed by atoms with Crippen LogP contribution in [0.1, 0.15) is 24.0 Å². The van der Waals surface area contributed by atoms with Crippen LogP contribution in [0.15, 0.2) is 79.4 Å². The Kier molecular flexibility index (Phi) is 5.27. The number of halogens is 2. The second-order valence-corrected chi connectivity index (χ2v) is 10.6. The van der Waals surface area contributed by atoms with Crippen LogP contribution in [0, 0.1) is 0 Å². The topological polar surface area (TPSA) is 0 Å². The summed E-state index contributed by atoms with van der Waals surface area (Å²) in [5.41, 5.74) is 5.40. The Labute approximate surface area is 170 Å².